The Balaban J connectivity index is 2.58. The van der Waals surface area contributed by atoms with Gasteiger partial charge in [-0.2, -0.15) is 0 Å². The summed E-state index contributed by atoms with van der Waals surface area (Å²) in [6, 6.07) is -0.451. The number of hydrogen-bond donors (Lipinski definition) is 3. The van der Waals surface area contributed by atoms with Gasteiger partial charge in [0.1, 0.15) is 5.92 Å². The molecule has 0 aromatic rings. The average Bonchev–Trinajstić information content (AvgIpc) is 2.66. The third-order valence-corrected chi connectivity index (χ3v) is 3.12. The van der Waals surface area contributed by atoms with Crippen molar-refractivity contribution in [2.24, 2.45) is 23.5 Å². The molecule has 1 aliphatic rings. The quantitative estimate of drug-likeness (QED) is 0.601. The molecule has 0 aromatic carbocycles. The lowest BCUT2D eigenvalue weighted by molar-refractivity contribution is -0.142. The molecule has 0 aromatic heterocycles. The lowest BCUT2D eigenvalue weighted by Crippen LogP contribution is -2.47. The van der Waals surface area contributed by atoms with Crippen molar-refractivity contribution < 1.29 is 19.4 Å². The van der Waals surface area contributed by atoms with Crippen molar-refractivity contribution in [3.63, 3.8) is 0 Å². The van der Waals surface area contributed by atoms with Crippen LogP contribution in [0.5, 0.6) is 0 Å². The molecule has 1 fully saturated rings. The minimum absolute atomic E-state index is 0.130. The van der Waals surface area contributed by atoms with E-state index in [1.165, 1.54) is 0 Å². The number of carboxylic acids is 1. The van der Waals surface area contributed by atoms with E-state index in [1.807, 2.05) is 13.8 Å². The summed E-state index contributed by atoms with van der Waals surface area (Å²) in [5.74, 6) is -1.95. The van der Waals surface area contributed by atoms with Gasteiger partial charge in [-0.25, -0.2) is 0 Å². The van der Waals surface area contributed by atoms with E-state index in [2.05, 4.69) is 5.32 Å². The summed E-state index contributed by atoms with van der Waals surface area (Å²) in [5.41, 5.74) is 5.53. The molecule has 0 radical (unpaired) electrons. The highest BCUT2D eigenvalue weighted by Gasteiger charge is 2.36. The highest BCUT2D eigenvalue weighted by atomic mass is 16.5. The van der Waals surface area contributed by atoms with Crippen molar-refractivity contribution >= 4 is 11.9 Å². The zero-order valence-electron chi connectivity index (χ0n) is 10.2. The Morgan fingerprint density at radius 2 is 2.12 bits per heavy atom. The van der Waals surface area contributed by atoms with E-state index in [4.69, 9.17) is 15.6 Å². The fraction of sp³-hybridized carbons (Fsp3) is 0.818. The zero-order valence-corrected chi connectivity index (χ0v) is 10.2. The van der Waals surface area contributed by atoms with Crippen LogP contribution in [0.25, 0.3) is 0 Å². The van der Waals surface area contributed by atoms with Crippen LogP contribution >= 0.6 is 0 Å². The molecule has 0 saturated carbocycles. The molecule has 1 aliphatic heterocycles. The van der Waals surface area contributed by atoms with Crippen LogP contribution in [0.15, 0.2) is 0 Å². The summed E-state index contributed by atoms with van der Waals surface area (Å²) in [6.07, 6.45) is 0. The van der Waals surface area contributed by atoms with E-state index in [-0.39, 0.29) is 37.5 Å². The molecule has 0 aliphatic carbocycles. The minimum atomic E-state index is -0.943. The standard InChI is InChI=1S/C11H20N2O4/c1-6(2)7(3-12)10(14)13-9-5-17-4-8(9)11(15)16/h6-9H,3-5,12H2,1-2H3,(H,13,14)(H,15,16). The summed E-state index contributed by atoms with van der Waals surface area (Å²) in [5, 5.41) is 11.7. The van der Waals surface area contributed by atoms with Crippen LogP contribution < -0.4 is 11.1 Å². The molecular formula is C11H20N2O4. The van der Waals surface area contributed by atoms with Crippen molar-refractivity contribution in [2.75, 3.05) is 19.8 Å². The predicted octanol–water partition coefficient (Wildman–Crippen LogP) is -0.567. The van der Waals surface area contributed by atoms with Gasteiger partial charge in [0, 0.05) is 6.54 Å². The summed E-state index contributed by atoms with van der Waals surface area (Å²) in [6.45, 7) is 4.48. The van der Waals surface area contributed by atoms with Gasteiger partial charge in [-0.15, -0.1) is 0 Å². The largest absolute Gasteiger partial charge is 0.481 e. The Labute approximate surface area is 101 Å². The number of hydrogen-bond acceptors (Lipinski definition) is 4. The fourth-order valence-corrected chi connectivity index (χ4v) is 1.91. The zero-order chi connectivity index (χ0) is 13.0. The van der Waals surface area contributed by atoms with Crippen LogP contribution in [0.3, 0.4) is 0 Å². The van der Waals surface area contributed by atoms with Gasteiger partial charge < -0.3 is 20.9 Å². The van der Waals surface area contributed by atoms with E-state index in [1.54, 1.807) is 0 Å². The van der Waals surface area contributed by atoms with E-state index >= 15 is 0 Å². The topological polar surface area (TPSA) is 102 Å². The molecule has 6 nitrogen and oxygen atoms in total. The molecular weight excluding hydrogens is 224 g/mol. The van der Waals surface area contributed by atoms with Gasteiger partial charge in [-0.1, -0.05) is 13.8 Å². The highest BCUT2D eigenvalue weighted by molar-refractivity contribution is 5.81. The molecule has 1 amide bonds. The minimum Gasteiger partial charge on any atom is -0.481 e. The molecule has 3 atom stereocenters. The highest BCUT2D eigenvalue weighted by Crippen LogP contribution is 2.16. The van der Waals surface area contributed by atoms with Gasteiger partial charge in [0.25, 0.3) is 0 Å². The smallest absolute Gasteiger partial charge is 0.311 e. The lowest BCUT2D eigenvalue weighted by Gasteiger charge is -2.22. The number of rotatable bonds is 5. The SMILES string of the molecule is CC(C)C(CN)C(=O)NC1COCC1C(=O)O. The van der Waals surface area contributed by atoms with E-state index in [0.717, 1.165) is 0 Å². The Hall–Kier alpha value is -1.14. The second-order valence-electron chi connectivity index (χ2n) is 4.68. The van der Waals surface area contributed by atoms with Crippen LogP contribution in [-0.4, -0.2) is 42.8 Å². The van der Waals surface area contributed by atoms with Gasteiger partial charge in [-0.3, -0.25) is 9.59 Å². The molecule has 0 bridgehead atoms. The maximum atomic E-state index is 11.9. The number of nitrogens with two attached hydrogens (primary N) is 1. The molecule has 1 rings (SSSR count). The van der Waals surface area contributed by atoms with Crippen LogP contribution in [0.2, 0.25) is 0 Å². The summed E-state index contributed by atoms with van der Waals surface area (Å²) >= 11 is 0. The predicted molar refractivity (Wildman–Crippen MR) is 61.3 cm³/mol. The van der Waals surface area contributed by atoms with Gasteiger partial charge >= 0.3 is 5.97 Å². The van der Waals surface area contributed by atoms with Crippen LogP contribution in [0.1, 0.15) is 13.8 Å². The first kappa shape index (κ1) is 13.9. The molecule has 1 heterocycles. The van der Waals surface area contributed by atoms with Gasteiger partial charge in [0.05, 0.1) is 25.2 Å². The third kappa shape index (κ3) is 3.41. The molecule has 17 heavy (non-hydrogen) atoms. The van der Waals surface area contributed by atoms with E-state index in [9.17, 15) is 9.59 Å². The Kier molecular flexibility index (Phi) is 4.89. The van der Waals surface area contributed by atoms with Gasteiger partial charge in [0.2, 0.25) is 5.91 Å². The van der Waals surface area contributed by atoms with Crippen LogP contribution in [0.4, 0.5) is 0 Å². The summed E-state index contributed by atoms with van der Waals surface area (Å²) in [4.78, 5) is 22.8. The summed E-state index contributed by atoms with van der Waals surface area (Å²) < 4.78 is 5.08. The van der Waals surface area contributed by atoms with Crippen molar-refractivity contribution in [3.8, 4) is 0 Å². The number of aliphatic carboxylic acids is 1. The molecule has 1 saturated heterocycles. The number of amides is 1. The van der Waals surface area contributed by atoms with E-state index in [0.29, 0.717) is 0 Å². The second-order valence-corrected chi connectivity index (χ2v) is 4.68. The molecule has 4 N–H and O–H groups in total. The lowest BCUT2D eigenvalue weighted by atomic mass is 9.94. The normalized spacial score (nSPS) is 25.9. The monoisotopic (exact) mass is 244 g/mol. The Bertz CT molecular complexity index is 293. The van der Waals surface area contributed by atoms with Gasteiger partial charge in [0.15, 0.2) is 0 Å². The maximum Gasteiger partial charge on any atom is 0.311 e. The number of carbonyl (C=O) groups excluding carboxylic acids is 1. The fourth-order valence-electron chi connectivity index (χ4n) is 1.91. The van der Waals surface area contributed by atoms with Crippen molar-refractivity contribution in [1.29, 1.82) is 0 Å². The number of carboxylic acid groups (broad SMARTS) is 1. The molecule has 3 unspecified atom stereocenters. The Morgan fingerprint density at radius 1 is 1.47 bits per heavy atom. The molecule has 0 spiro atoms. The number of nitrogens with one attached hydrogen (secondary N) is 1. The van der Waals surface area contributed by atoms with Crippen LogP contribution in [-0.2, 0) is 14.3 Å². The Morgan fingerprint density at radius 3 is 2.59 bits per heavy atom. The number of ether oxygens (including phenoxy) is 1. The van der Waals surface area contributed by atoms with Crippen LogP contribution in [0, 0.1) is 17.8 Å². The number of carbonyl (C=O) groups is 2. The first-order chi connectivity index (χ1) is 7.97. The van der Waals surface area contributed by atoms with Gasteiger partial charge in [-0.05, 0) is 5.92 Å². The van der Waals surface area contributed by atoms with Crippen molar-refractivity contribution in [3.05, 3.63) is 0 Å². The summed E-state index contributed by atoms with van der Waals surface area (Å²) in [7, 11) is 0. The van der Waals surface area contributed by atoms with Crippen molar-refractivity contribution in [1.82, 2.24) is 5.32 Å². The average molecular weight is 244 g/mol. The van der Waals surface area contributed by atoms with E-state index < -0.39 is 17.9 Å². The first-order valence-corrected chi connectivity index (χ1v) is 5.78. The maximum absolute atomic E-state index is 11.9. The first-order valence-electron chi connectivity index (χ1n) is 5.78. The molecule has 98 valence electrons. The molecule has 6 heteroatoms. The van der Waals surface area contributed by atoms with Crippen molar-refractivity contribution in [2.45, 2.75) is 19.9 Å². The third-order valence-electron chi connectivity index (χ3n) is 3.12. The second kappa shape index (κ2) is 5.97.